The number of aliphatic carboxylic acids is 1. The molecular weight excluding hydrogens is 444 g/mol. The van der Waals surface area contributed by atoms with Gasteiger partial charge in [0.05, 0.1) is 0 Å². The molecule has 1 unspecified atom stereocenters. The minimum Gasteiger partial charge on any atom is -0.481 e. The van der Waals surface area contributed by atoms with E-state index in [1.54, 1.807) is 0 Å². The van der Waals surface area contributed by atoms with E-state index in [1.807, 2.05) is 50.2 Å². The van der Waals surface area contributed by atoms with E-state index >= 15 is 0 Å². The Labute approximate surface area is 207 Å². The van der Waals surface area contributed by atoms with Crippen molar-refractivity contribution in [2.24, 2.45) is 5.41 Å². The number of alkyl carbamates (subject to hydrolysis) is 1. The fourth-order valence-corrected chi connectivity index (χ4v) is 5.11. The number of carboxylic acid groups (broad SMARTS) is 1. The zero-order valence-electron chi connectivity index (χ0n) is 21.2. The number of benzene rings is 2. The fourth-order valence-electron chi connectivity index (χ4n) is 5.11. The monoisotopic (exact) mass is 480 g/mol. The van der Waals surface area contributed by atoms with Crippen molar-refractivity contribution in [1.82, 2.24) is 10.6 Å². The molecule has 188 valence electrons. The molecule has 2 aromatic rings. The average Bonchev–Trinajstić information content (AvgIpc) is 3.06. The van der Waals surface area contributed by atoms with Crippen molar-refractivity contribution < 1.29 is 24.2 Å². The largest absolute Gasteiger partial charge is 0.481 e. The zero-order chi connectivity index (χ0) is 25.8. The van der Waals surface area contributed by atoms with Crippen LogP contribution in [0.1, 0.15) is 70.9 Å². The van der Waals surface area contributed by atoms with Crippen molar-refractivity contribution in [2.45, 2.75) is 71.4 Å². The third kappa shape index (κ3) is 7.07. The second-order valence-corrected chi connectivity index (χ2v) is 11.1. The van der Waals surface area contributed by atoms with Gasteiger partial charge in [0.2, 0.25) is 5.91 Å². The molecule has 0 fully saturated rings. The summed E-state index contributed by atoms with van der Waals surface area (Å²) in [7, 11) is 0. The molecule has 1 atom stereocenters. The maximum atomic E-state index is 13.0. The second-order valence-electron chi connectivity index (χ2n) is 11.1. The van der Waals surface area contributed by atoms with Gasteiger partial charge in [0, 0.05) is 17.9 Å². The molecule has 3 N–H and O–H groups in total. The fraction of sp³-hybridized carbons (Fsp3) is 0.464. The Balaban J connectivity index is 1.67. The van der Waals surface area contributed by atoms with Gasteiger partial charge >= 0.3 is 12.1 Å². The zero-order valence-corrected chi connectivity index (χ0v) is 21.2. The molecule has 0 bridgehead atoms. The lowest BCUT2D eigenvalue weighted by Gasteiger charge is -2.34. The highest BCUT2D eigenvalue weighted by molar-refractivity contribution is 5.86. The van der Waals surface area contributed by atoms with E-state index in [0.717, 1.165) is 22.3 Å². The molecule has 0 saturated carbocycles. The Morgan fingerprint density at radius 3 is 2.00 bits per heavy atom. The van der Waals surface area contributed by atoms with Crippen molar-refractivity contribution in [1.29, 1.82) is 0 Å². The van der Waals surface area contributed by atoms with Gasteiger partial charge in [-0.3, -0.25) is 9.59 Å². The molecule has 0 saturated heterocycles. The molecule has 0 spiro atoms. The molecule has 1 aliphatic carbocycles. The van der Waals surface area contributed by atoms with Crippen LogP contribution in [0.3, 0.4) is 0 Å². The number of nitrogens with one attached hydrogen (secondary N) is 2. The van der Waals surface area contributed by atoms with Gasteiger partial charge in [-0.25, -0.2) is 4.79 Å². The molecule has 0 radical (unpaired) electrons. The molecule has 2 amide bonds. The number of carbonyl (C=O) groups is 3. The highest BCUT2D eigenvalue weighted by Gasteiger charge is 2.32. The lowest BCUT2D eigenvalue weighted by Crippen LogP contribution is -2.54. The van der Waals surface area contributed by atoms with Crippen LogP contribution < -0.4 is 10.6 Å². The van der Waals surface area contributed by atoms with Gasteiger partial charge in [0.25, 0.3) is 0 Å². The molecule has 35 heavy (non-hydrogen) atoms. The van der Waals surface area contributed by atoms with Gasteiger partial charge in [-0.2, -0.15) is 0 Å². The maximum absolute atomic E-state index is 13.0. The van der Waals surface area contributed by atoms with Gasteiger partial charge in [-0.1, -0.05) is 69.3 Å². The summed E-state index contributed by atoms with van der Waals surface area (Å²) >= 11 is 0. The quantitative estimate of drug-likeness (QED) is 0.464. The number of fused-ring (bicyclic) bond motifs is 3. The average molecular weight is 481 g/mol. The first-order chi connectivity index (χ1) is 16.4. The maximum Gasteiger partial charge on any atom is 0.407 e. The van der Waals surface area contributed by atoms with E-state index in [-0.39, 0.29) is 30.8 Å². The molecule has 1 aliphatic rings. The van der Waals surface area contributed by atoms with Gasteiger partial charge < -0.3 is 20.5 Å². The van der Waals surface area contributed by atoms with E-state index < -0.39 is 29.6 Å². The van der Waals surface area contributed by atoms with Crippen molar-refractivity contribution in [3.05, 3.63) is 59.7 Å². The van der Waals surface area contributed by atoms with E-state index in [0.29, 0.717) is 6.42 Å². The molecule has 0 heterocycles. The Morgan fingerprint density at radius 2 is 1.49 bits per heavy atom. The van der Waals surface area contributed by atoms with E-state index in [1.165, 1.54) is 0 Å². The molecule has 0 aliphatic heterocycles. The van der Waals surface area contributed by atoms with Crippen molar-refractivity contribution >= 4 is 18.0 Å². The molecule has 7 nitrogen and oxygen atoms in total. The summed E-state index contributed by atoms with van der Waals surface area (Å²) in [5.41, 5.74) is 3.87. The van der Waals surface area contributed by atoms with Crippen LogP contribution in [0, 0.1) is 5.41 Å². The second kappa shape index (κ2) is 10.5. The lowest BCUT2D eigenvalue weighted by atomic mass is 9.81. The van der Waals surface area contributed by atoms with Crippen LogP contribution in [0.2, 0.25) is 0 Å². The number of ether oxygens (including phenoxy) is 1. The number of rotatable bonds is 9. The SMILES string of the molecule is CC(C)(C)CC(C)(C)NC(=O)C(CCC(=O)O)NC(=O)OCC1c2ccccc2-c2ccccc21. The number of hydrogen-bond donors (Lipinski definition) is 3. The van der Waals surface area contributed by atoms with E-state index in [4.69, 9.17) is 9.84 Å². The minimum atomic E-state index is -1.04. The van der Waals surface area contributed by atoms with E-state index in [9.17, 15) is 14.4 Å². The smallest absolute Gasteiger partial charge is 0.407 e. The lowest BCUT2D eigenvalue weighted by molar-refractivity contribution is -0.137. The predicted octanol–water partition coefficient (Wildman–Crippen LogP) is 5.09. The van der Waals surface area contributed by atoms with Gasteiger partial charge in [0.1, 0.15) is 12.6 Å². The van der Waals surface area contributed by atoms with Crippen LogP contribution in [0.15, 0.2) is 48.5 Å². The summed E-state index contributed by atoms with van der Waals surface area (Å²) in [6, 6.07) is 15.0. The van der Waals surface area contributed by atoms with Crippen LogP contribution in [-0.4, -0.2) is 41.3 Å². The number of carboxylic acids is 1. The Kier molecular flexibility index (Phi) is 7.88. The first kappa shape index (κ1) is 26.3. The summed E-state index contributed by atoms with van der Waals surface area (Å²) in [6.45, 7) is 10.2. The topological polar surface area (TPSA) is 105 Å². The first-order valence-corrected chi connectivity index (χ1v) is 12.0. The van der Waals surface area contributed by atoms with Crippen LogP contribution in [0.4, 0.5) is 4.79 Å². The van der Waals surface area contributed by atoms with Crippen LogP contribution >= 0.6 is 0 Å². The molecule has 7 heteroatoms. The van der Waals surface area contributed by atoms with Crippen molar-refractivity contribution in [2.75, 3.05) is 6.61 Å². The normalized spacial score (nSPS) is 14.0. The summed E-state index contributed by atoms with van der Waals surface area (Å²) in [5, 5.41) is 14.7. The van der Waals surface area contributed by atoms with Crippen molar-refractivity contribution in [3.63, 3.8) is 0 Å². The first-order valence-electron chi connectivity index (χ1n) is 12.0. The van der Waals surface area contributed by atoms with Crippen molar-refractivity contribution in [3.8, 4) is 11.1 Å². The van der Waals surface area contributed by atoms with Gasteiger partial charge in [0.15, 0.2) is 0 Å². The number of carbonyl (C=O) groups excluding carboxylic acids is 2. The summed E-state index contributed by atoms with van der Waals surface area (Å²) in [6.07, 6.45) is -0.313. The molecule has 0 aromatic heterocycles. The summed E-state index contributed by atoms with van der Waals surface area (Å²) < 4.78 is 5.56. The highest BCUT2D eigenvalue weighted by atomic mass is 16.5. The highest BCUT2D eigenvalue weighted by Crippen LogP contribution is 2.44. The summed E-state index contributed by atoms with van der Waals surface area (Å²) in [4.78, 5) is 36.9. The predicted molar refractivity (Wildman–Crippen MR) is 135 cm³/mol. The van der Waals surface area contributed by atoms with Crippen LogP contribution in [0.25, 0.3) is 11.1 Å². The van der Waals surface area contributed by atoms with Gasteiger partial charge in [-0.05, 0) is 54.4 Å². The van der Waals surface area contributed by atoms with Gasteiger partial charge in [-0.15, -0.1) is 0 Å². The minimum absolute atomic E-state index is 0.0203. The van der Waals surface area contributed by atoms with Crippen LogP contribution in [0.5, 0.6) is 0 Å². The number of amides is 2. The third-order valence-electron chi connectivity index (χ3n) is 6.03. The third-order valence-corrected chi connectivity index (χ3v) is 6.03. The standard InChI is InChI=1S/C28H36N2O5/c1-27(2,3)17-28(4,5)30-25(33)23(14-15-24(31)32)29-26(34)35-16-22-20-12-8-6-10-18(20)19-11-7-9-13-21(19)22/h6-13,22-23H,14-17H2,1-5H3,(H,29,34)(H,30,33)(H,31,32). The molecule has 3 rings (SSSR count). The Bertz CT molecular complexity index is 1040. The summed E-state index contributed by atoms with van der Waals surface area (Å²) in [5.74, 6) is -1.56. The molecule has 2 aromatic carbocycles. The Morgan fingerprint density at radius 1 is 0.943 bits per heavy atom. The molecular formula is C28H36N2O5. The van der Waals surface area contributed by atoms with Crippen LogP contribution in [-0.2, 0) is 14.3 Å². The van der Waals surface area contributed by atoms with E-state index in [2.05, 4.69) is 43.5 Å². The number of hydrogen-bond acceptors (Lipinski definition) is 4. The Hall–Kier alpha value is -3.35.